The number of rotatable bonds is 3. The molecule has 5 aromatic carbocycles. The summed E-state index contributed by atoms with van der Waals surface area (Å²) in [6.07, 6.45) is 0. The molecule has 1 aliphatic rings. The van der Waals surface area contributed by atoms with Gasteiger partial charge in [-0.25, -0.2) is 0 Å². The second kappa shape index (κ2) is 7.51. The Bertz CT molecular complexity index is 1360. The second-order valence-electron chi connectivity index (χ2n) is 8.29. The summed E-state index contributed by atoms with van der Waals surface area (Å²) in [4.78, 5) is 0. The van der Waals surface area contributed by atoms with Gasteiger partial charge in [0.2, 0.25) is 0 Å². The van der Waals surface area contributed by atoms with Gasteiger partial charge < -0.3 is 0 Å². The SMILES string of the molecule is Clc1ccc(-c2ccc3c(c2)-c2ccccc2C3(c2ccccc2)c2ccccc2)cc1. The molecular formula is C31H21Cl. The summed E-state index contributed by atoms with van der Waals surface area (Å²) in [7, 11) is 0. The van der Waals surface area contributed by atoms with Crippen LogP contribution in [0.1, 0.15) is 22.3 Å². The first-order valence-corrected chi connectivity index (χ1v) is 11.3. The minimum atomic E-state index is -0.340. The smallest absolute Gasteiger partial charge is 0.0713 e. The van der Waals surface area contributed by atoms with E-state index in [1.54, 1.807) is 0 Å². The van der Waals surface area contributed by atoms with E-state index < -0.39 is 0 Å². The van der Waals surface area contributed by atoms with Crippen molar-refractivity contribution in [2.45, 2.75) is 5.41 Å². The highest BCUT2D eigenvalue weighted by Gasteiger charge is 2.45. The molecule has 0 nitrogen and oxygen atoms in total. The van der Waals surface area contributed by atoms with Gasteiger partial charge in [-0.2, -0.15) is 0 Å². The molecular weight excluding hydrogens is 408 g/mol. The summed E-state index contributed by atoms with van der Waals surface area (Å²) in [6, 6.07) is 45.6. The van der Waals surface area contributed by atoms with E-state index in [4.69, 9.17) is 11.6 Å². The molecule has 0 saturated carbocycles. The molecule has 1 heteroatoms. The lowest BCUT2D eigenvalue weighted by molar-refractivity contribution is 0.768. The van der Waals surface area contributed by atoms with Gasteiger partial charge in [0.1, 0.15) is 0 Å². The molecule has 0 amide bonds. The number of hydrogen-bond donors (Lipinski definition) is 0. The molecule has 1 aliphatic carbocycles. The number of fused-ring (bicyclic) bond motifs is 3. The van der Waals surface area contributed by atoms with Crippen molar-refractivity contribution in [3.8, 4) is 22.3 Å². The molecule has 0 unspecified atom stereocenters. The van der Waals surface area contributed by atoms with Gasteiger partial charge in [-0.1, -0.05) is 121 Å². The highest BCUT2D eigenvalue weighted by Crippen LogP contribution is 2.56. The predicted octanol–water partition coefficient (Wildman–Crippen LogP) is 8.37. The van der Waals surface area contributed by atoms with Crippen LogP contribution in [0.2, 0.25) is 5.02 Å². The molecule has 0 atom stereocenters. The van der Waals surface area contributed by atoms with E-state index in [2.05, 4.69) is 115 Å². The van der Waals surface area contributed by atoms with Crippen LogP contribution >= 0.6 is 11.6 Å². The van der Waals surface area contributed by atoms with Gasteiger partial charge in [0, 0.05) is 5.02 Å². The van der Waals surface area contributed by atoms with Crippen LogP contribution in [0.3, 0.4) is 0 Å². The quantitative estimate of drug-likeness (QED) is 0.265. The fourth-order valence-corrected chi connectivity index (χ4v) is 5.40. The molecule has 0 fully saturated rings. The summed E-state index contributed by atoms with van der Waals surface area (Å²) in [5.41, 5.74) is 9.86. The highest BCUT2D eigenvalue weighted by atomic mass is 35.5. The molecule has 0 aliphatic heterocycles. The Morgan fingerprint density at radius 3 is 1.62 bits per heavy atom. The maximum absolute atomic E-state index is 6.13. The predicted molar refractivity (Wildman–Crippen MR) is 134 cm³/mol. The zero-order valence-electron chi connectivity index (χ0n) is 17.5. The molecule has 0 heterocycles. The van der Waals surface area contributed by atoms with E-state index in [0.29, 0.717) is 0 Å². The van der Waals surface area contributed by atoms with E-state index >= 15 is 0 Å². The Hall–Kier alpha value is -3.61. The lowest BCUT2D eigenvalue weighted by Gasteiger charge is -2.33. The van der Waals surface area contributed by atoms with Crippen molar-refractivity contribution in [2.24, 2.45) is 0 Å². The Morgan fingerprint density at radius 2 is 0.969 bits per heavy atom. The van der Waals surface area contributed by atoms with E-state index in [1.807, 2.05) is 12.1 Å². The van der Waals surface area contributed by atoms with Crippen molar-refractivity contribution in [3.63, 3.8) is 0 Å². The van der Waals surface area contributed by atoms with Crippen molar-refractivity contribution in [1.82, 2.24) is 0 Å². The molecule has 0 spiro atoms. The maximum atomic E-state index is 6.13. The first kappa shape index (κ1) is 19.1. The van der Waals surface area contributed by atoms with Gasteiger partial charge in [0.25, 0.3) is 0 Å². The van der Waals surface area contributed by atoms with Crippen LogP contribution < -0.4 is 0 Å². The normalized spacial score (nSPS) is 13.4. The Morgan fingerprint density at radius 1 is 0.438 bits per heavy atom. The molecule has 32 heavy (non-hydrogen) atoms. The first-order valence-electron chi connectivity index (χ1n) is 10.9. The third-order valence-electron chi connectivity index (χ3n) is 6.64. The standard InChI is InChI=1S/C31H21Cl/c32-26-18-15-22(16-19-26)23-17-20-30-28(21-23)27-13-7-8-14-29(27)31(30,24-9-3-1-4-10-24)25-11-5-2-6-12-25/h1-21H. The van der Waals surface area contributed by atoms with E-state index in [-0.39, 0.29) is 5.41 Å². The molecule has 0 N–H and O–H groups in total. The maximum Gasteiger partial charge on any atom is 0.0713 e. The largest absolute Gasteiger partial charge is 0.0843 e. The van der Waals surface area contributed by atoms with Gasteiger partial charge in [0.05, 0.1) is 5.41 Å². The van der Waals surface area contributed by atoms with Crippen LogP contribution in [0.5, 0.6) is 0 Å². The van der Waals surface area contributed by atoms with Crippen LogP contribution in [0.25, 0.3) is 22.3 Å². The minimum absolute atomic E-state index is 0.340. The van der Waals surface area contributed by atoms with Gasteiger partial charge in [0.15, 0.2) is 0 Å². The molecule has 0 aromatic heterocycles. The summed E-state index contributed by atoms with van der Waals surface area (Å²) in [5, 5.41) is 0.757. The van der Waals surface area contributed by atoms with Crippen LogP contribution in [-0.4, -0.2) is 0 Å². The summed E-state index contributed by atoms with van der Waals surface area (Å²) in [6.45, 7) is 0. The summed E-state index contributed by atoms with van der Waals surface area (Å²) in [5.74, 6) is 0. The van der Waals surface area contributed by atoms with E-state index in [0.717, 1.165) is 5.02 Å². The van der Waals surface area contributed by atoms with Crippen molar-refractivity contribution < 1.29 is 0 Å². The number of hydrogen-bond acceptors (Lipinski definition) is 0. The fraction of sp³-hybridized carbons (Fsp3) is 0.0323. The van der Waals surface area contributed by atoms with Crippen LogP contribution in [0.15, 0.2) is 127 Å². The molecule has 0 saturated heterocycles. The topological polar surface area (TPSA) is 0 Å². The Labute approximate surface area is 193 Å². The lowest BCUT2D eigenvalue weighted by atomic mass is 9.67. The minimum Gasteiger partial charge on any atom is -0.0843 e. The van der Waals surface area contributed by atoms with Crippen LogP contribution in [0.4, 0.5) is 0 Å². The van der Waals surface area contributed by atoms with Crippen molar-refractivity contribution in [3.05, 3.63) is 155 Å². The Balaban J connectivity index is 1.69. The van der Waals surface area contributed by atoms with Gasteiger partial charge in [-0.3, -0.25) is 0 Å². The molecule has 0 bridgehead atoms. The van der Waals surface area contributed by atoms with Gasteiger partial charge in [-0.05, 0) is 62.7 Å². The molecule has 0 radical (unpaired) electrons. The van der Waals surface area contributed by atoms with E-state index in [1.165, 1.54) is 44.5 Å². The van der Waals surface area contributed by atoms with Crippen molar-refractivity contribution >= 4 is 11.6 Å². The average Bonchev–Trinajstić information content (AvgIpc) is 3.16. The van der Waals surface area contributed by atoms with Gasteiger partial charge in [-0.15, -0.1) is 0 Å². The van der Waals surface area contributed by atoms with Crippen LogP contribution in [0, 0.1) is 0 Å². The fourth-order valence-electron chi connectivity index (χ4n) is 5.27. The van der Waals surface area contributed by atoms with Gasteiger partial charge >= 0.3 is 0 Å². The van der Waals surface area contributed by atoms with E-state index in [9.17, 15) is 0 Å². The third-order valence-corrected chi connectivity index (χ3v) is 6.89. The zero-order valence-corrected chi connectivity index (χ0v) is 18.3. The van der Waals surface area contributed by atoms with Crippen molar-refractivity contribution in [1.29, 1.82) is 0 Å². The highest BCUT2D eigenvalue weighted by molar-refractivity contribution is 6.30. The Kier molecular flexibility index (Phi) is 4.48. The zero-order chi connectivity index (χ0) is 21.5. The first-order chi connectivity index (χ1) is 15.8. The number of benzene rings is 5. The molecule has 6 rings (SSSR count). The third kappa shape index (κ3) is 2.77. The van der Waals surface area contributed by atoms with Crippen molar-refractivity contribution in [2.75, 3.05) is 0 Å². The molecule has 5 aromatic rings. The second-order valence-corrected chi connectivity index (χ2v) is 8.73. The summed E-state index contributed by atoms with van der Waals surface area (Å²) < 4.78 is 0. The average molecular weight is 429 g/mol. The summed E-state index contributed by atoms with van der Waals surface area (Å²) >= 11 is 6.13. The number of halogens is 1. The lowest BCUT2D eigenvalue weighted by Crippen LogP contribution is -2.28. The van der Waals surface area contributed by atoms with Crippen LogP contribution in [-0.2, 0) is 5.41 Å². The molecule has 152 valence electrons. The monoisotopic (exact) mass is 428 g/mol.